The second-order valence-electron chi connectivity index (χ2n) is 4.45. The Hall–Kier alpha value is -2.24. The normalized spacial score (nSPS) is 12.3. The largest absolute Gasteiger partial charge is 0.352 e. The van der Waals surface area contributed by atoms with Crippen molar-refractivity contribution in [3.05, 3.63) is 34.6 Å². The lowest BCUT2D eigenvalue weighted by molar-refractivity contribution is -0.122. The minimum absolute atomic E-state index is 0.0802. The molecule has 2 aromatic rings. The lowest BCUT2D eigenvalue weighted by Gasteiger charge is -2.11. The van der Waals surface area contributed by atoms with E-state index in [1.807, 2.05) is 13.8 Å². The molecule has 6 nitrogen and oxygen atoms in total. The van der Waals surface area contributed by atoms with Gasteiger partial charge in [0.1, 0.15) is 12.1 Å². The van der Waals surface area contributed by atoms with E-state index in [4.69, 9.17) is 0 Å². The van der Waals surface area contributed by atoms with E-state index in [1.54, 1.807) is 24.3 Å². The van der Waals surface area contributed by atoms with E-state index in [1.165, 1.54) is 0 Å². The van der Waals surface area contributed by atoms with Crippen LogP contribution in [0.2, 0.25) is 0 Å². The van der Waals surface area contributed by atoms with Crippen LogP contribution in [0.25, 0.3) is 10.9 Å². The SMILES string of the molecule is CCC(C)NC(=O)Cn1nnc2ccccc2c1=O. The molecule has 1 unspecified atom stereocenters. The highest BCUT2D eigenvalue weighted by Crippen LogP contribution is 2.03. The van der Waals surface area contributed by atoms with E-state index in [0.29, 0.717) is 10.9 Å². The Morgan fingerprint density at radius 2 is 2.16 bits per heavy atom. The summed E-state index contributed by atoms with van der Waals surface area (Å²) in [6, 6.07) is 7.02. The fourth-order valence-corrected chi connectivity index (χ4v) is 1.69. The maximum atomic E-state index is 12.1. The molecule has 1 aromatic carbocycles. The first-order valence-corrected chi connectivity index (χ1v) is 6.23. The number of amides is 1. The van der Waals surface area contributed by atoms with Crippen molar-refractivity contribution in [2.75, 3.05) is 0 Å². The highest BCUT2D eigenvalue weighted by atomic mass is 16.2. The molecule has 0 saturated heterocycles. The second kappa shape index (κ2) is 5.60. The number of hydrogen-bond acceptors (Lipinski definition) is 4. The molecular weight excluding hydrogens is 244 g/mol. The Labute approximate surface area is 110 Å². The van der Waals surface area contributed by atoms with Gasteiger partial charge in [0.15, 0.2) is 0 Å². The van der Waals surface area contributed by atoms with E-state index < -0.39 is 0 Å². The highest BCUT2D eigenvalue weighted by molar-refractivity contribution is 5.78. The van der Waals surface area contributed by atoms with Crippen LogP contribution in [0.15, 0.2) is 29.1 Å². The third-order valence-corrected chi connectivity index (χ3v) is 2.94. The zero-order valence-corrected chi connectivity index (χ0v) is 11.0. The topological polar surface area (TPSA) is 76.9 Å². The molecule has 1 N–H and O–H groups in total. The summed E-state index contributed by atoms with van der Waals surface area (Å²) in [5.74, 6) is -0.235. The van der Waals surface area contributed by atoms with Crippen molar-refractivity contribution in [2.24, 2.45) is 0 Å². The molecule has 0 radical (unpaired) electrons. The smallest absolute Gasteiger partial charge is 0.278 e. The van der Waals surface area contributed by atoms with Gasteiger partial charge in [-0.05, 0) is 25.5 Å². The average Bonchev–Trinajstić information content (AvgIpc) is 2.42. The summed E-state index contributed by atoms with van der Waals surface area (Å²) in [4.78, 5) is 23.8. The van der Waals surface area contributed by atoms with Crippen LogP contribution in [0, 0.1) is 0 Å². The molecule has 0 aliphatic carbocycles. The molecule has 1 heterocycles. The fraction of sp³-hybridized carbons (Fsp3) is 0.385. The van der Waals surface area contributed by atoms with Gasteiger partial charge in [0.05, 0.1) is 5.39 Å². The molecule has 0 bridgehead atoms. The molecule has 0 fully saturated rings. The predicted molar refractivity (Wildman–Crippen MR) is 71.7 cm³/mol. The first-order chi connectivity index (χ1) is 9.11. The van der Waals surface area contributed by atoms with E-state index in [2.05, 4.69) is 15.6 Å². The van der Waals surface area contributed by atoms with Crippen molar-refractivity contribution in [2.45, 2.75) is 32.9 Å². The van der Waals surface area contributed by atoms with Gasteiger partial charge in [0, 0.05) is 6.04 Å². The zero-order chi connectivity index (χ0) is 13.8. The Kier molecular flexibility index (Phi) is 3.89. The summed E-state index contributed by atoms with van der Waals surface area (Å²) >= 11 is 0. The molecule has 19 heavy (non-hydrogen) atoms. The van der Waals surface area contributed by atoms with Gasteiger partial charge in [-0.3, -0.25) is 9.59 Å². The van der Waals surface area contributed by atoms with E-state index in [-0.39, 0.29) is 24.1 Å². The molecule has 1 aromatic heterocycles. The summed E-state index contributed by atoms with van der Waals surface area (Å²) < 4.78 is 1.08. The van der Waals surface area contributed by atoms with Gasteiger partial charge in [0.2, 0.25) is 5.91 Å². The van der Waals surface area contributed by atoms with Crippen molar-refractivity contribution < 1.29 is 4.79 Å². The minimum atomic E-state index is -0.301. The predicted octanol–water partition coefficient (Wildman–Crippen LogP) is 0.706. The number of nitrogens with one attached hydrogen (secondary N) is 1. The van der Waals surface area contributed by atoms with Gasteiger partial charge in [-0.25, -0.2) is 4.68 Å². The lowest BCUT2D eigenvalue weighted by atomic mass is 10.2. The summed E-state index contributed by atoms with van der Waals surface area (Å²) in [6.07, 6.45) is 0.837. The number of aromatic nitrogens is 3. The maximum absolute atomic E-state index is 12.1. The van der Waals surface area contributed by atoms with Crippen LogP contribution in [-0.4, -0.2) is 26.9 Å². The number of hydrogen-bond donors (Lipinski definition) is 1. The Morgan fingerprint density at radius 1 is 1.42 bits per heavy atom. The number of carbonyl (C=O) groups excluding carboxylic acids is 1. The third-order valence-electron chi connectivity index (χ3n) is 2.94. The van der Waals surface area contributed by atoms with Crippen LogP contribution in [0.3, 0.4) is 0 Å². The number of fused-ring (bicyclic) bond motifs is 1. The first kappa shape index (κ1) is 13.2. The standard InChI is InChI=1S/C13H16N4O2/c1-3-9(2)14-12(18)8-17-13(19)10-6-4-5-7-11(10)15-16-17/h4-7,9H,3,8H2,1-2H3,(H,14,18). The quantitative estimate of drug-likeness (QED) is 0.878. The van der Waals surface area contributed by atoms with E-state index >= 15 is 0 Å². The van der Waals surface area contributed by atoms with Crippen molar-refractivity contribution in [3.63, 3.8) is 0 Å². The number of carbonyl (C=O) groups is 1. The molecule has 0 spiro atoms. The molecule has 0 aliphatic rings. The monoisotopic (exact) mass is 260 g/mol. The Balaban J connectivity index is 2.24. The minimum Gasteiger partial charge on any atom is -0.352 e. The van der Waals surface area contributed by atoms with Gasteiger partial charge in [0.25, 0.3) is 5.56 Å². The van der Waals surface area contributed by atoms with Crippen molar-refractivity contribution in [1.29, 1.82) is 0 Å². The maximum Gasteiger partial charge on any atom is 0.278 e. The van der Waals surface area contributed by atoms with E-state index in [9.17, 15) is 9.59 Å². The zero-order valence-electron chi connectivity index (χ0n) is 11.0. The van der Waals surface area contributed by atoms with Gasteiger partial charge in [-0.2, -0.15) is 0 Å². The Bertz CT molecular complexity index is 650. The molecule has 0 aliphatic heterocycles. The number of benzene rings is 1. The van der Waals surface area contributed by atoms with Gasteiger partial charge >= 0.3 is 0 Å². The fourth-order valence-electron chi connectivity index (χ4n) is 1.69. The number of rotatable bonds is 4. The van der Waals surface area contributed by atoms with Crippen LogP contribution in [0.5, 0.6) is 0 Å². The van der Waals surface area contributed by atoms with E-state index in [0.717, 1.165) is 11.1 Å². The van der Waals surface area contributed by atoms with Crippen molar-refractivity contribution >= 4 is 16.8 Å². The first-order valence-electron chi connectivity index (χ1n) is 6.23. The molecular formula is C13H16N4O2. The molecule has 1 amide bonds. The van der Waals surface area contributed by atoms with Crippen LogP contribution in [0.1, 0.15) is 20.3 Å². The summed E-state index contributed by atoms with van der Waals surface area (Å²) in [5.41, 5.74) is 0.232. The molecule has 100 valence electrons. The third kappa shape index (κ3) is 2.96. The van der Waals surface area contributed by atoms with Gasteiger partial charge in [-0.15, -0.1) is 5.10 Å². The van der Waals surface area contributed by atoms with Crippen LogP contribution >= 0.6 is 0 Å². The lowest BCUT2D eigenvalue weighted by Crippen LogP contribution is -2.38. The Morgan fingerprint density at radius 3 is 2.89 bits per heavy atom. The van der Waals surface area contributed by atoms with Crippen molar-refractivity contribution in [1.82, 2.24) is 20.3 Å². The summed E-state index contributed by atoms with van der Waals surface area (Å²) in [6.45, 7) is 3.78. The van der Waals surface area contributed by atoms with Crippen molar-refractivity contribution in [3.8, 4) is 0 Å². The molecule has 2 rings (SSSR count). The van der Waals surface area contributed by atoms with Crippen LogP contribution < -0.4 is 10.9 Å². The van der Waals surface area contributed by atoms with Gasteiger partial charge < -0.3 is 5.32 Å². The average molecular weight is 260 g/mol. The number of nitrogens with zero attached hydrogens (tertiary/aromatic N) is 3. The van der Waals surface area contributed by atoms with Crippen LogP contribution in [0.4, 0.5) is 0 Å². The highest BCUT2D eigenvalue weighted by Gasteiger charge is 2.10. The molecule has 1 atom stereocenters. The summed E-state index contributed by atoms with van der Waals surface area (Å²) in [5, 5.41) is 11.0. The molecule has 6 heteroatoms. The van der Waals surface area contributed by atoms with Crippen LogP contribution in [-0.2, 0) is 11.3 Å². The summed E-state index contributed by atoms with van der Waals surface area (Å²) in [7, 11) is 0. The molecule has 0 saturated carbocycles. The van der Waals surface area contributed by atoms with Gasteiger partial charge in [-0.1, -0.05) is 24.3 Å². The second-order valence-corrected chi connectivity index (χ2v) is 4.45.